The molecule has 1 fully saturated rings. The van der Waals surface area contributed by atoms with Gasteiger partial charge in [-0.2, -0.15) is 0 Å². The van der Waals surface area contributed by atoms with Crippen LogP contribution in [0.25, 0.3) is 0 Å². The fourth-order valence-corrected chi connectivity index (χ4v) is 4.69. The molecule has 1 aromatic rings. The maximum absolute atomic E-state index is 4.79. The number of aryl methyl sites for hydroxylation is 1. The van der Waals surface area contributed by atoms with Gasteiger partial charge in [-0.1, -0.05) is 20.8 Å². The Morgan fingerprint density at radius 3 is 2.50 bits per heavy atom. The highest BCUT2D eigenvalue weighted by molar-refractivity contribution is 7.09. The molecule has 2 rings (SSSR count). The zero-order chi connectivity index (χ0) is 13.6. The van der Waals surface area contributed by atoms with Gasteiger partial charge in [-0.15, -0.1) is 11.3 Å². The van der Waals surface area contributed by atoms with Gasteiger partial charge in [-0.05, 0) is 44.9 Å². The summed E-state index contributed by atoms with van der Waals surface area (Å²) in [6.45, 7) is 13.7. The van der Waals surface area contributed by atoms with Crippen LogP contribution in [0.1, 0.15) is 58.2 Å². The second-order valence-electron chi connectivity index (χ2n) is 7.01. The highest BCUT2D eigenvalue weighted by Crippen LogP contribution is 2.53. The van der Waals surface area contributed by atoms with Crippen molar-refractivity contribution in [2.24, 2.45) is 11.3 Å². The third-order valence-electron chi connectivity index (χ3n) is 4.00. The van der Waals surface area contributed by atoms with Crippen LogP contribution in [0.3, 0.4) is 0 Å². The maximum Gasteiger partial charge on any atom is 0.113 e. The Morgan fingerprint density at radius 1 is 1.44 bits per heavy atom. The van der Waals surface area contributed by atoms with Crippen molar-refractivity contribution in [1.29, 1.82) is 0 Å². The van der Waals surface area contributed by atoms with Gasteiger partial charge in [-0.3, -0.25) is 0 Å². The summed E-state index contributed by atoms with van der Waals surface area (Å²) in [7, 11) is 0. The van der Waals surface area contributed by atoms with Crippen LogP contribution in [0.5, 0.6) is 0 Å². The topological polar surface area (TPSA) is 24.9 Å². The third-order valence-corrected chi connectivity index (χ3v) is 5.14. The number of thiazole rings is 1. The highest BCUT2D eigenvalue weighted by atomic mass is 32.1. The Morgan fingerprint density at radius 2 is 2.11 bits per heavy atom. The van der Waals surface area contributed by atoms with Gasteiger partial charge in [0.25, 0.3) is 0 Å². The number of nitrogens with zero attached hydrogens (tertiary/aromatic N) is 1. The van der Waals surface area contributed by atoms with Crippen molar-refractivity contribution >= 4 is 11.3 Å². The van der Waals surface area contributed by atoms with Crippen molar-refractivity contribution in [3.05, 3.63) is 16.1 Å². The Bertz CT molecular complexity index is 422. The molecule has 0 aliphatic heterocycles. The van der Waals surface area contributed by atoms with E-state index < -0.39 is 0 Å². The van der Waals surface area contributed by atoms with E-state index in [2.05, 4.69) is 52.2 Å². The Kier molecular flexibility index (Phi) is 3.58. The van der Waals surface area contributed by atoms with Crippen LogP contribution in [0, 0.1) is 18.3 Å². The summed E-state index contributed by atoms with van der Waals surface area (Å²) < 4.78 is 0. The van der Waals surface area contributed by atoms with Crippen LogP contribution in [-0.2, 0) is 5.54 Å². The van der Waals surface area contributed by atoms with Crippen LogP contribution >= 0.6 is 11.3 Å². The van der Waals surface area contributed by atoms with E-state index >= 15 is 0 Å². The van der Waals surface area contributed by atoms with Crippen LogP contribution in [0.4, 0.5) is 0 Å². The minimum Gasteiger partial charge on any atom is -0.303 e. The number of nitrogens with one attached hydrogen (secondary N) is 1. The first-order valence-electron chi connectivity index (χ1n) is 6.95. The summed E-state index contributed by atoms with van der Waals surface area (Å²) in [5, 5.41) is 7.30. The van der Waals surface area contributed by atoms with E-state index in [0.29, 0.717) is 17.4 Å². The predicted molar refractivity (Wildman–Crippen MR) is 79.0 cm³/mol. The summed E-state index contributed by atoms with van der Waals surface area (Å²) in [6.07, 6.45) is 2.46. The Labute approximate surface area is 115 Å². The summed E-state index contributed by atoms with van der Waals surface area (Å²) in [4.78, 5) is 4.79. The van der Waals surface area contributed by atoms with Crippen LogP contribution in [0.15, 0.2) is 5.38 Å². The lowest BCUT2D eigenvalue weighted by atomic mass is 9.86. The average Bonchev–Trinajstić information content (AvgIpc) is 2.69. The molecule has 102 valence electrons. The zero-order valence-electron chi connectivity index (χ0n) is 12.5. The maximum atomic E-state index is 4.79. The van der Waals surface area contributed by atoms with Crippen LogP contribution in [0.2, 0.25) is 0 Å². The molecule has 0 bridgehead atoms. The van der Waals surface area contributed by atoms with Gasteiger partial charge < -0.3 is 5.32 Å². The van der Waals surface area contributed by atoms with Gasteiger partial charge in [0.05, 0.1) is 5.54 Å². The lowest BCUT2D eigenvalue weighted by Crippen LogP contribution is -2.48. The first-order chi connectivity index (χ1) is 8.25. The van der Waals surface area contributed by atoms with Crippen molar-refractivity contribution in [2.45, 2.75) is 66.0 Å². The molecular weight excluding hydrogens is 240 g/mol. The largest absolute Gasteiger partial charge is 0.303 e. The van der Waals surface area contributed by atoms with Crippen molar-refractivity contribution in [1.82, 2.24) is 10.3 Å². The van der Waals surface area contributed by atoms with E-state index in [1.54, 1.807) is 0 Å². The molecule has 1 heterocycles. The van der Waals surface area contributed by atoms with Crippen molar-refractivity contribution in [3.8, 4) is 0 Å². The molecule has 18 heavy (non-hydrogen) atoms. The molecule has 0 spiro atoms. The third kappa shape index (κ3) is 2.48. The van der Waals surface area contributed by atoms with Gasteiger partial charge in [-0.25, -0.2) is 4.98 Å². The van der Waals surface area contributed by atoms with Gasteiger partial charge in [0.15, 0.2) is 0 Å². The first-order valence-corrected chi connectivity index (χ1v) is 7.83. The van der Waals surface area contributed by atoms with Gasteiger partial charge in [0.2, 0.25) is 0 Å². The normalized spacial score (nSPS) is 31.2. The van der Waals surface area contributed by atoms with Crippen LogP contribution in [-0.4, -0.2) is 11.0 Å². The predicted octanol–water partition coefficient (Wildman–Crippen LogP) is 4.10. The molecule has 1 aliphatic carbocycles. The fourth-order valence-electron chi connectivity index (χ4n) is 3.62. The summed E-state index contributed by atoms with van der Waals surface area (Å²) in [5.41, 5.74) is 1.63. The summed E-state index contributed by atoms with van der Waals surface area (Å²) in [5.74, 6) is 0.639. The molecule has 0 saturated heterocycles. The van der Waals surface area contributed by atoms with Gasteiger partial charge >= 0.3 is 0 Å². The monoisotopic (exact) mass is 266 g/mol. The molecule has 0 amide bonds. The van der Waals surface area contributed by atoms with E-state index in [4.69, 9.17) is 4.98 Å². The second-order valence-corrected chi connectivity index (χ2v) is 7.87. The lowest BCUT2D eigenvalue weighted by Gasteiger charge is -2.36. The van der Waals surface area contributed by atoms with Crippen molar-refractivity contribution in [3.63, 3.8) is 0 Å². The molecule has 1 saturated carbocycles. The molecule has 1 aromatic heterocycles. The van der Waals surface area contributed by atoms with Gasteiger partial charge in [0, 0.05) is 17.1 Å². The summed E-state index contributed by atoms with van der Waals surface area (Å²) in [6, 6.07) is 0.491. The molecule has 1 aliphatic rings. The standard InChI is InChI=1S/C15H26N2S/c1-10(2)17-15(13-16-12(4)8-18-13)9-14(5,6)7-11(15)3/h8,10-11,17H,7,9H2,1-6H3. The van der Waals surface area contributed by atoms with Gasteiger partial charge in [0.1, 0.15) is 5.01 Å². The van der Waals surface area contributed by atoms with E-state index in [1.165, 1.54) is 17.8 Å². The number of hydrogen-bond acceptors (Lipinski definition) is 3. The van der Waals surface area contributed by atoms with Crippen molar-refractivity contribution < 1.29 is 0 Å². The minimum absolute atomic E-state index is 0.0800. The van der Waals surface area contributed by atoms with E-state index in [1.807, 2.05) is 11.3 Å². The quantitative estimate of drug-likeness (QED) is 0.891. The molecule has 2 unspecified atom stereocenters. The fraction of sp³-hybridized carbons (Fsp3) is 0.800. The number of hydrogen-bond donors (Lipinski definition) is 1. The lowest BCUT2D eigenvalue weighted by molar-refractivity contribution is 0.231. The molecule has 3 heteroatoms. The molecule has 0 radical (unpaired) electrons. The van der Waals surface area contributed by atoms with Crippen LogP contribution < -0.4 is 5.32 Å². The molecule has 0 aromatic carbocycles. The van der Waals surface area contributed by atoms with E-state index in [0.717, 1.165) is 5.69 Å². The van der Waals surface area contributed by atoms with E-state index in [9.17, 15) is 0 Å². The Hall–Kier alpha value is -0.410. The second kappa shape index (κ2) is 4.61. The number of rotatable bonds is 3. The Balaban J connectivity index is 2.41. The smallest absolute Gasteiger partial charge is 0.113 e. The average molecular weight is 266 g/mol. The SMILES string of the molecule is Cc1csc(C2(NC(C)C)CC(C)(C)CC2C)n1. The zero-order valence-corrected chi connectivity index (χ0v) is 13.3. The van der Waals surface area contributed by atoms with E-state index in [-0.39, 0.29) is 5.54 Å². The van der Waals surface area contributed by atoms with Crippen molar-refractivity contribution in [2.75, 3.05) is 0 Å². The highest BCUT2D eigenvalue weighted by Gasteiger charge is 2.51. The molecule has 1 N–H and O–H groups in total. The molecule has 2 atom stereocenters. The molecule has 2 nitrogen and oxygen atoms in total. The number of aromatic nitrogens is 1. The first kappa shape index (κ1) is 14.0. The molecular formula is C15H26N2S. The summed E-state index contributed by atoms with van der Waals surface area (Å²) >= 11 is 1.82. The minimum atomic E-state index is 0.0800.